The molecule has 8 heteroatoms. The lowest BCUT2D eigenvalue weighted by Gasteiger charge is -2.22. The monoisotopic (exact) mass is 357 g/mol. The van der Waals surface area contributed by atoms with E-state index in [4.69, 9.17) is 0 Å². The Balaban J connectivity index is 1.78. The Kier molecular flexibility index (Phi) is 4.01. The Labute approximate surface area is 146 Å². The standard InChI is InChI=1S/C17H19N5O2S/c1-2-15-19-17(21-20-15)13-8-5-11-22(13)25(23,24)14-9-3-6-12-7-4-10-18-16(12)14/h3-4,6-7,9-10,13H,2,5,8,11H2,1H3,(H,19,20,21). The van der Waals surface area contributed by atoms with Crippen LogP contribution >= 0.6 is 0 Å². The molecule has 1 aromatic carbocycles. The summed E-state index contributed by atoms with van der Waals surface area (Å²) in [4.78, 5) is 8.97. The summed E-state index contributed by atoms with van der Waals surface area (Å²) in [6, 6.07) is 8.58. The van der Waals surface area contributed by atoms with Gasteiger partial charge in [0.1, 0.15) is 10.7 Å². The van der Waals surface area contributed by atoms with Gasteiger partial charge in [0.2, 0.25) is 10.0 Å². The highest BCUT2D eigenvalue weighted by Gasteiger charge is 2.39. The molecule has 0 bridgehead atoms. The molecule has 3 aromatic rings. The first-order valence-corrected chi connectivity index (χ1v) is 9.82. The number of para-hydroxylation sites is 1. The smallest absolute Gasteiger partial charge is 0.245 e. The molecule has 1 saturated heterocycles. The van der Waals surface area contributed by atoms with E-state index in [0.29, 0.717) is 17.9 Å². The SMILES string of the molecule is CCc1nc(C2CCCN2S(=O)(=O)c2cccc3cccnc23)n[nH]1. The quantitative estimate of drug-likeness (QED) is 0.774. The van der Waals surface area contributed by atoms with Gasteiger partial charge in [0.25, 0.3) is 0 Å². The zero-order valence-electron chi connectivity index (χ0n) is 13.9. The van der Waals surface area contributed by atoms with E-state index in [2.05, 4.69) is 20.2 Å². The van der Waals surface area contributed by atoms with Gasteiger partial charge in [-0.2, -0.15) is 9.40 Å². The average molecular weight is 357 g/mol. The molecule has 1 unspecified atom stereocenters. The maximum Gasteiger partial charge on any atom is 0.245 e. The molecule has 0 radical (unpaired) electrons. The normalized spacial score (nSPS) is 18.8. The third-order valence-corrected chi connectivity index (χ3v) is 6.51. The number of nitrogens with one attached hydrogen (secondary N) is 1. The molecule has 1 N–H and O–H groups in total. The summed E-state index contributed by atoms with van der Waals surface area (Å²) < 4.78 is 28.2. The highest BCUT2D eigenvalue weighted by Crippen LogP contribution is 2.36. The van der Waals surface area contributed by atoms with Gasteiger partial charge in [-0.1, -0.05) is 25.1 Å². The van der Waals surface area contributed by atoms with Crippen LogP contribution in [0.1, 0.15) is 37.5 Å². The maximum atomic E-state index is 13.3. The van der Waals surface area contributed by atoms with Crippen molar-refractivity contribution in [3.05, 3.63) is 48.2 Å². The third kappa shape index (κ3) is 2.71. The van der Waals surface area contributed by atoms with Crippen molar-refractivity contribution in [3.8, 4) is 0 Å². The van der Waals surface area contributed by atoms with Crippen molar-refractivity contribution in [1.82, 2.24) is 24.5 Å². The first-order valence-electron chi connectivity index (χ1n) is 8.38. The number of hydrogen-bond donors (Lipinski definition) is 1. The van der Waals surface area contributed by atoms with Gasteiger partial charge in [0, 0.05) is 24.5 Å². The second-order valence-electron chi connectivity index (χ2n) is 6.10. The predicted octanol–water partition coefficient (Wildman–Crippen LogP) is 2.44. The number of sulfonamides is 1. The fraction of sp³-hybridized carbons (Fsp3) is 0.353. The molecule has 7 nitrogen and oxygen atoms in total. The number of H-pyrrole nitrogens is 1. The van der Waals surface area contributed by atoms with E-state index in [1.807, 2.05) is 19.1 Å². The van der Waals surface area contributed by atoms with Crippen molar-refractivity contribution in [2.45, 2.75) is 37.1 Å². The van der Waals surface area contributed by atoms with Crippen molar-refractivity contribution in [1.29, 1.82) is 0 Å². The number of aryl methyl sites for hydroxylation is 1. The van der Waals surface area contributed by atoms with Crippen LogP contribution in [0.3, 0.4) is 0 Å². The Morgan fingerprint density at radius 1 is 1.28 bits per heavy atom. The van der Waals surface area contributed by atoms with Crippen LogP contribution in [-0.2, 0) is 16.4 Å². The van der Waals surface area contributed by atoms with Gasteiger partial charge in [-0.15, -0.1) is 0 Å². The Hall–Kier alpha value is -2.32. The molecule has 25 heavy (non-hydrogen) atoms. The number of rotatable bonds is 4. The molecule has 0 amide bonds. The van der Waals surface area contributed by atoms with Crippen LogP contribution in [0, 0.1) is 0 Å². The molecule has 1 atom stereocenters. The minimum absolute atomic E-state index is 0.240. The molecule has 1 aliphatic rings. The van der Waals surface area contributed by atoms with Crippen molar-refractivity contribution >= 4 is 20.9 Å². The summed E-state index contributed by atoms with van der Waals surface area (Å²) in [5, 5.41) is 7.92. The second kappa shape index (κ2) is 6.20. The number of hydrogen-bond acceptors (Lipinski definition) is 5. The molecule has 0 aliphatic carbocycles. The molecule has 4 rings (SSSR count). The van der Waals surface area contributed by atoms with Gasteiger partial charge in [-0.3, -0.25) is 10.1 Å². The van der Waals surface area contributed by atoms with Crippen LogP contribution in [0.4, 0.5) is 0 Å². The van der Waals surface area contributed by atoms with E-state index in [9.17, 15) is 8.42 Å². The lowest BCUT2D eigenvalue weighted by atomic mass is 10.2. The number of fused-ring (bicyclic) bond motifs is 1. The van der Waals surface area contributed by atoms with E-state index < -0.39 is 10.0 Å². The van der Waals surface area contributed by atoms with Crippen molar-refractivity contribution in [3.63, 3.8) is 0 Å². The molecular formula is C17H19N5O2S. The minimum Gasteiger partial charge on any atom is -0.263 e. The average Bonchev–Trinajstić information content (AvgIpc) is 3.30. The van der Waals surface area contributed by atoms with Gasteiger partial charge < -0.3 is 0 Å². The molecule has 0 spiro atoms. The first-order chi connectivity index (χ1) is 12.1. The Morgan fingerprint density at radius 3 is 2.92 bits per heavy atom. The summed E-state index contributed by atoms with van der Waals surface area (Å²) in [5.41, 5.74) is 0.500. The molecular weight excluding hydrogens is 338 g/mol. The van der Waals surface area contributed by atoms with E-state index in [1.54, 1.807) is 24.4 Å². The number of aromatic amines is 1. The van der Waals surface area contributed by atoms with Crippen LogP contribution in [0.5, 0.6) is 0 Å². The van der Waals surface area contributed by atoms with Crippen molar-refractivity contribution < 1.29 is 8.42 Å². The van der Waals surface area contributed by atoms with Crippen LogP contribution in [0.2, 0.25) is 0 Å². The van der Waals surface area contributed by atoms with E-state index >= 15 is 0 Å². The highest BCUT2D eigenvalue weighted by molar-refractivity contribution is 7.89. The topological polar surface area (TPSA) is 91.8 Å². The first kappa shape index (κ1) is 16.2. The van der Waals surface area contributed by atoms with E-state index in [0.717, 1.165) is 30.5 Å². The summed E-state index contributed by atoms with van der Waals surface area (Å²) in [5.74, 6) is 1.32. The molecule has 2 aromatic heterocycles. The number of benzene rings is 1. The van der Waals surface area contributed by atoms with E-state index in [-0.39, 0.29) is 10.9 Å². The van der Waals surface area contributed by atoms with Gasteiger partial charge >= 0.3 is 0 Å². The van der Waals surface area contributed by atoms with Crippen LogP contribution in [0.25, 0.3) is 10.9 Å². The molecule has 1 aliphatic heterocycles. The predicted molar refractivity (Wildman–Crippen MR) is 93.4 cm³/mol. The molecule has 1 fully saturated rings. The fourth-order valence-electron chi connectivity index (χ4n) is 3.31. The van der Waals surface area contributed by atoms with E-state index in [1.165, 1.54) is 4.31 Å². The minimum atomic E-state index is -3.68. The summed E-state index contributed by atoms with van der Waals surface area (Å²) in [6.45, 7) is 2.45. The second-order valence-corrected chi connectivity index (χ2v) is 7.96. The number of aromatic nitrogens is 4. The van der Waals surface area contributed by atoms with Crippen molar-refractivity contribution in [2.24, 2.45) is 0 Å². The van der Waals surface area contributed by atoms with Gasteiger partial charge in [-0.05, 0) is 25.0 Å². The third-order valence-electron chi connectivity index (χ3n) is 4.57. The zero-order valence-corrected chi connectivity index (χ0v) is 14.7. The van der Waals surface area contributed by atoms with Crippen molar-refractivity contribution in [2.75, 3.05) is 6.54 Å². The van der Waals surface area contributed by atoms with Crippen LogP contribution in [-0.4, -0.2) is 39.4 Å². The zero-order chi connectivity index (χ0) is 17.4. The Morgan fingerprint density at radius 2 is 2.12 bits per heavy atom. The fourth-order valence-corrected chi connectivity index (χ4v) is 5.14. The van der Waals surface area contributed by atoms with Gasteiger partial charge in [0.05, 0.1) is 11.6 Å². The lowest BCUT2D eigenvalue weighted by molar-refractivity contribution is 0.384. The molecule has 130 valence electrons. The largest absolute Gasteiger partial charge is 0.263 e. The summed E-state index contributed by atoms with van der Waals surface area (Å²) >= 11 is 0. The molecule has 3 heterocycles. The van der Waals surface area contributed by atoms with Crippen LogP contribution < -0.4 is 0 Å². The van der Waals surface area contributed by atoms with Crippen LogP contribution in [0.15, 0.2) is 41.4 Å². The van der Waals surface area contributed by atoms with Gasteiger partial charge in [0.15, 0.2) is 5.82 Å². The summed E-state index contributed by atoms with van der Waals surface area (Å²) in [7, 11) is -3.68. The Bertz CT molecular complexity index is 1010. The highest BCUT2D eigenvalue weighted by atomic mass is 32.2. The maximum absolute atomic E-state index is 13.3. The molecule has 0 saturated carbocycles. The number of pyridine rings is 1. The number of nitrogens with zero attached hydrogens (tertiary/aromatic N) is 4. The lowest BCUT2D eigenvalue weighted by Crippen LogP contribution is -2.31. The summed E-state index contributed by atoms with van der Waals surface area (Å²) in [6.07, 6.45) is 3.86. The van der Waals surface area contributed by atoms with Gasteiger partial charge in [-0.25, -0.2) is 13.4 Å².